The molecule has 7 heteroatoms. The van der Waals surface area contributed by atoms with Gasteiger partial charge in [-0.2, -0.15) is 0 Å². The van der Waals surface area contributed by atoms with Gasteiger partial charge in [0.05, 0.1) is 11.9 Å². The van der Waals surface area contributed by atoms with Crippen molar-refractivity contribution < 1.29 is 17.9 Å². The Morgan fingerprint density at radius 1 is 1.17 bits per heavy atom. The number of carbonyl (C=O) groups excluding carboxylic acids is 1. The number of sulfonamides is 1. The molecule has 0 spiro atoms. The fourth-order valence-corrected chi connectivity index (χ4v) is 4.56. The summed E-state index contributed by atoms with van der Waals surface area (Å²) >= 11 is 0. The zero-order chi connectivity index (χ0) is 21.2. The first-order valence-corrected chi connectivity index (χ1v) is 11.8. The van der Waals surface area contributed by atoms with Crippen molar-refractivity contribution in [1.29, 1.82) is 0 Å². The van der Waals surface area contributed by atoms with Crippen LogP contribution in [0.4, 0.5) is 11.4 Å². The second-order valence-corrected chi connectivity index (χ2v) is 9.26. The lowest BCUT2D eigenvalue weighted by Crippen LogP contribution is -2.36. The lowest BCUT2D eigenvalue weighted by molar-refractivity contribution is -0.122. The third-order valence-electron chi connectivity index (χ3n) is 5.19. The Bertz CT molecular complexity index is 995. The topological polar surface area (TPSA) is 75.7 Å². The molecule has 29 heavy (non-hydrogen) atoms. The zero-order valence-corrected chi connectivity index (χ0v) is 18.2. The van der Waals surface area contributed by atoms with Gasteiger partial charge in [0.15, 0.2) is 6.10 Å². The Hall–Kier alpha value is -2.54. The summed E-state index contributed by atoms with van der Waals surface area (Å²) in [6, 6.07) is 11.4. The largest absolute Gasteiger partial charge is 0.478 e. The number of benzene rings is 2. The van der Waals surface area contributed by atoms with E-state index < -0.39 is 16.1 Å². The number of anilines is 2. The number of hydrogen-bond acceptors (Lipinski definition) is 4. The van der Waals surface area contributed by atoms with Crippen LogP contribution in [0.5, 0.6) is 5.75 Å². The number of fused-ring (bicyclic) bond motifs is 1. The molecule has 1 heterocycles. The van der Waals surface area contributed by atoms with E-state index in [1.807, 2.05) is 31.2 Å². The zero-order valence-electron chi connectivity index (χ0n) is 17.4. The molecule has 3 rings (SSSR count). The van der Waals surface area contributed by atoms with Crippen molar-refractivity contribution in [3.63, 3.8) is 0 Å². The molecule has 1 atom stereocenters. The molecule has 1 aliphatic rings. The fourth-order valence-electron chi connectivity index (χ4n) is 3.63. The van der Waals surface area contributed by atoms with Gasteiger partial charge in [-0.25, -0.2) is 8.42 Å². The number of rotatable bonds is 5. The van der Waals surface area contributed by atoms with Gasteiger partial charge in [-0.15, -0.1) is 0 Å². The van der Waals surface area contributed by atoms with Crippen LogP contribution in [-0.4, -0.2) is 33.2 Å². The van der Waals surface area contributed by atoms with E-state index in [4.69, 9.17) is 4.74 Å². The second kappa shape index (κ2) is 8.45. The minimum Gasteiger partial charge on any atom is -0.478 e. The highest BCUT2D eigenvalue weighted by atomic mass is 32.2. The first-order valence-electron chi connectivity index (χ1n) is 9.91. The van der Waals surface area contributed by atoms with E-state index >= 15 is 0 Å². The van der Waals surface area contributed by atoms with Crippen molar-refractivity contribution in [2.24, 2.45) is 0 Å². The molecular weight excluding hydrogens is 388 g/mol. The van der Waals surface area contributed by atoms with Crippen LogP contribution in [0.25, 0.3) is 0 Å². The van der Waals surface area contributed by atoms with Crippen molar-refractivity contribution in [2.75, 3.05) is 22.4 Å². The Labute approximate surface area is 172 Å². The second-order valence-electron chi connectivity index (χ2n) is 7.35. The van der Waals surface area contributed by atoms with Crippen molar-refractivity contribution in [2.45, 2.75) is 46.1 Å². The summed E-state index contributed by atoms with van der Waals surface area (Å²) in [4.78, 5) is 13.1. The number of carbonyl (C=O) groups is 1. The van der Waals surface area contributed by atoms with Crippen LogP contribution in [0.15, 0.2) is 36.4 Å². The molecule has 0 saturated carbocycles. The van der Waals surface area contributed by atoms with Gasteiger partial charge in [-0.05, 0) is 48.6 Å². The van der Waals surface area contributed by atoms with Gasteiger partial charge in [0, 0.05) is 18.7 Å². The molecule has 1 N–H and O–H groups in total. The van der Waals surface area contributed by atoms with E-state index in [-0.39, 0.29) is 18.9 Å². The molecule has 0 saturated heterocycles. The van der Waals surface area contributed by atoms with Crippen LogP contribution >= 0.6 is 0 Å². The van der Waals surface area contributed by atoms with E-state index in [0.29, 0.717) is 11.4 Å². The normalized spacial score (nSPS) is 16.6. The van der Waals surface area contributed by atoms with Crippen molar-refractivity contribution >= 4 is 27.3 Å². The maximum Gasteiger partial charge on any atom is 0.265 e. The van der Waals surface area contributed by atoms with Crippen LogP contribution in [0, 0.1) is 6.92 Å². The van der Waals surface area contributed by atoms with Crippen molar-refractivity contribution in [3.05, 3.63) is 53.1 Å². The van der Waals surface area contributed by atoms with Crippen LogP contribution in [0.2, 0.25) is 0 Å². The number of ether oxygens (including phenoxy) is 1. The molecule has 2 aromatic rings. The molecule has 156 valence electrons. The molecule has 1 amide bonds. The summed E-state index contributed by atoms with van der Waals surface area (Å²) in [6.45, 7) is 6.18. The van der Waals surface area contributed by atoms with E-state index in [2.05, 4.69) is 19.2 Å². The first kappa shape index (κ1) is 21.2. The van der Waals surface area contributed by atoms with Gasteiger partial charge in [0.2, 0.25) is 10.0 Å². The minimum atomic E-state index is -3.49. The monoisotopic (exact) mass is 416 g/mol. The number of amides is 1. The van der Waals surface area contributed by atoms with Gasteiger partial charge in [0.25, 0.3) is 5.91 Å². The number of aryl methyl sites for hydroxylation is 3. The van der Waals surface area contributed by atoms with Crippen LogP contribution < -0.4 is 14.4 Å². The third kappa shape index (κ3) is 4.56. The molecule has 2 aromatic carbocycles. The lowest BCUT2D eigenvalue weighted by atomic mass is 10.0. The average molecular weight is 417 g/mol. The van der Waals surface area contributed by atoms with Gasteiger partial charge >= 0.3 is 0 Å². The third-order valence-corrected chi connectivity index (χ3v) is 6.37. The summed E-state index contributed by atoms with van der Waals surface area (Å²) in [5.74, 6) is 0.139. The van der Waals surface area contributed by atoms with E-state index in [9.17, 15) is 13.2 Å². The predicted molar refractivity (Wildman–Crippen MR) is 116 cm³/mol. The highest BCUT2D eigenvalue weighted by molar-refractivity contribution is 7.92. The van der Waals surface area contributed by atoms with E-state index in [0.717, 1.165) is 35.2 Å². The van der Waals surface area contributed by atoms with Crippen molar-refractivity contribution in [1.82, 2.24) is 0 Å². The van der Waals surface area contributed by atoms with Crippen LogP contribution in [0.3, 0.4) is 0 Å². The number of para-hydroxylation sites is 1. The maximum absolute atomic E-state index is 13.1. The van der Waals surface area contributed by atoms with Gasteiger partial charge in [0.1, 0.15) is 5.75 Å². The number of nitrogens with zero attached hydrogens (tertiary/aromatic N) is 1. The summed E-state index contributed by atoms with van der Waals surface area (Å²) in [7, 11) is -3.49. The lowest BCUT2D eigenvalue weighted by Gasteiger charge is -2.21. The number of nitrogens with one attached hydrogen (secondary N) is 1. The molecule has 0 aromatic heterocycles. The first-order chi connectivity index (χ1) is 13.7. The molecule has 0 bridgehead atoms. The highest BCUT2D eigenvalue weighted by Gasteiger charge is 2.31. The summed E-state index contributed by atoms with van der Waals surface area (Å²) < 4.78 is 32.0. The Kier molecular flexibility index (Phi) is 6.17. The average Bonchev–Trinajstić information content (AvgIpc) is 2.87. The Morgan fingerprint density at radius 3 is 2.41 bits per heavy atom. The van der Waals surface area contributed by atoms with Gasteiger partial charge in [-0.1, -0.05) is 38.1 Å². The SMILES string of the molecule is CCc1cccc(CC)c1NC(=O)[C@H]1CCN(S(C)(=O)=O)c2cc(C)ccc2O1. The summed E-state index contributed by atoms with van der Waals surface area (Å²) in [5.41, 5.74) is 4.37. The summed E-state index contributed by atoms with van der Waals surface area (Å²) in [6.07, 6.45) is 2.27. The quantitative estimate of drug-likeness (QED) is 0.807. The number of hydrogen-bond donors (Lipinski definition) is 1. The van der Waals surface area contributed by atoms with E-state index in [1.54, 1.807) is 12.1 Å². The Morgan fingerprint density at radius 2 is 1.83 bits per heavy atom. The van der Waals surface area contributed by atoms with Gasteiger partial charge < -0.3 is 10.1 Å². The molecule has 0 radical (unpaired) electrons. The maximum atomic E-state index is 13.1. The fraction of sp³-hybridized carbons (Fsp3) is 0.409. The van der Waals surface area contributed by atoms with Crippen molar-refractivity contribution in [3.8, 4) is 5.75 Å². The molecular formula is C22H28N2O4S. The standard InChI is InChI=1S/C22H28N2O4S/c1-5-16-8-7-9-17(6-2)21(16)23-22(25)20-12-13-24(29(4,26)27)18-14-15(3)10-11-19(18)28-20/h7-11,14,20H,5-6,12-13H2,1-4H3,(H,23,25)/t20-/m1/s1. The molecule has 0 unspecified atom stereocenters. The Balaban J connectivity index is 1.92. The molecule has 1 aliphatic heterocycles. The molecule has 0 fully saturated rings. The smallest absolute Gasteiger partial charge is 0.265 e. The summed E-state index contributed by atoms with van der Waals surface area (Å²) in [5, 5.41) is 3.04. The molecule has 0 aliphatic carbocycles. The van der Waals surface area contributed by atoms with Gasteiger partial charge in [-0.3, -0.25) is 9.10 Å². The molecule has 6 nitrogen and oxygen atoms in total. The highest BCUT2D eigenvalue weighted by Crippen LogP contribution is 2.35. The van der Waals surface area contributed by atoms with E-state index in [1.165, 1.54) is 10.6 Å². The van der Waals surface area contributed by atoms with Crippen LogP contribution in [0.1, 0.15) is 37.0 Å². The predicted octanol–water partition coefficient (Wildman–Crippen LogP) is 3.68. The minimum absolute atomic E-state index is 0.184. The van der Waals surface area contributed by atoms with Crippen LogP contribution in [-0.2, 0) is 27.7 Å².